The lowest BCUT2D eigenvalue weighted by molar-refractivity contribution is 0.466. The number of nitrogens with zero attached hydrogens (tertiary/aromatic N) is 1. The van der Waals surface area contributed by atoms with E-state index in [1.54, 1.807) is 0 Å². The van der Waals surface area contributed by atoms with Crippen LogP contribution < -0.4 is 5.73 Å². The van der Waals surface area contributed by atoms with Crippen LogP contribution >= 0.6 is 0 Å². The van der Waals surface area contributed by atoms with Crippen LogP contribution in [0.2, 0.25) is 0 Å². The lowest BCUT2D eigenvalue weighted by Crippen LogP contribution is -2.31. The first-order valence-electron chi connectivity index (χ1n) is 7.31. The van der Waals surface area contributed by atoms with Gasteiger partial charge in [-0.25, -0.2) is 0 Å². The highest BCUT2D eigenvalue weighted by atomic mass is 14.8. The van der Waals surface area contributed by atoms with E-state index in [9.17, 15) is 0 Å². The van der Waals surface area contributed by atoms with Crippen molar-refractivity contribution in [2.45, 2.75) is 65.5 Å². The van der Waals surface area contributed by atoms with E-state index in [2.05, 4.69) is 45.0 Å². The van der Waals surface area contributed by atoms with Crippen molar-refractivity contribution >= 4 is 5.71 Å². The molecule has 0 bridgehead atoms. The summed E-state index contributed by atoms with van der Waals surface area (Å²) in [6.45, 7) is 12.5. The van der Waals surface area contributed by atoms with Crippen LogP contribution in [0.5, 0.6) is 0 Å². The Morgan fingerprint density at radius 1 is 1.47 bits per heavy atom. The maximum absolute atomic E-state index is 6.23. The summed E-state index contributed by atoms with van der Waals surface area (Å²) in [6, 6.07) is 0.280. The molecular weight excluding hydrogens is 232 g/mol. The first-order chi connectivity index (χ1) is 8.90. The molecule has 2 heteroatoms. The summed E-state index contributed by atoms with van der Waals surface area (Å²) in [5, 5.41) is 0. The molecule has 0 aromatic heterocycles. The number of nitrogens with two attached hydrogens (primary N) is 1. The zero-order valence-corrected chi connectivity index (χ0v) is 12.9. The molecule has 0 aromatic carbocycles. The van der Waals surface area contributed by atoms with Gasteiger partial charge in [-0.15, -0.1) is 12.3 Å². The van der Waals surface area contributed by atoms with Crippen LogP contribution in [0.1, 0.15) is 53.4 Å². The Morgan fingerprint density at radius 3 is 2.74 bits per heavy atom. The summed E-state index contributed by atoms with van der Waals surface area (Å²) in [5.41, 5.74) is 13.0. The minimum Gasteiger partial charge on any atom is -0.323 e. The Hall–Kier alpha value is -1.11. The van der Waals surface area contributed by atoms with Gasteiger partial charge in [-0.3, -0.25) is 4.99 Å². The summed E-state index contributed by atoms with van der Waals surface area (Å²) in [7, 11) is 0. The topological polar surface area (TPSA) is 38.4 Å². The van der Waals surface area contributed by atoms with E-state index < -0.39 is 0 Å². The zero-order chi connectivity index (χ0) is 14.4. The van der Waals surface area contributed by atoms with Crippen LogP contribution in [0.4, 0.5) is 0 Å². The number of hydrogen-bond donors (Lipinski definition) is 1. The molecule has 19 heavy (non-hydrogen) atoms. The van der Waals surface area contributed by atoms with Crippen LogP contribution in [0, 0.1) is 5.92 Å². The Morgan fingerprint density at radius 2 is 2.16 bits per heavy atom. The highest BCUT2D eigenvalue weighted by Crippen LogP contribution is 2.18. The van der Waals surface area contributed by atoms with Crippen molar-refractivity contribution in [1.29, 1.82) is 0 Å². The summed E-state index contributed by atoms with van der Waals surface area (Å²) in [4.78, 5) is 4.64. The van der Waals surface area contributed by atoms with Crippen LogP contribution in [-0.4, -0.2) is 17.8 Å². The first-order valence-corrected chi connectivity index (χ1v) is 7.31. The summed E-state index contributed by atoms with van der Waals surface area (Å²) >= 11 is 0. The molecule has 0 radical (unpaired) electrons. The third-order valence-corrected chi connectivity index (χ3v) is 3.83. The minimum absolute atomic E-state index is 0.0512. The maximum Gasteiger partial charge on any atom is 0.0756 e. The predicted octanol–water partition coefficient (Wildman–Crippen LogP) is 4.03. The Bertz CT molecular complexity index is 411. The second-order valence-electron chi connectivity index (χ2n) is 5.99. The van der Waals surface area contributed by atoms with Crippen LogP contribution in [0.15, 0.2) is 34.5 Å². The molecule has 1 aliphatic heterocycles. The molecule has 2 nitrogen and oxygen atoms in total. The quantitative estimate of drug-likeness (QED) is 0.544. The van der Waals surface area contributed by atoms with Crippen LogP contribution in [0.3, 0.4) is 0 Å². The van der Waals surface area contributed by atoms with Crippen molar-refractivity contribution in [2.75, 3.05) is 0 Å². The van der Waals surface area contributed by atoms with Gasteiger partial charge < -0.3 is 5.73 Å². The van der Waals surface area contributed by atoms with Gasteiger partial charge in [0.25, 0.3) is 0 Å². The molecule has 0 saturated heterocycles. The molecule has 0 amide bonds. The van der Waals surface area contributed by atoms with E-state index in [1.807, 2.05) is 6.08 Å². The van der Waals surface area contributed by atoms with E-state index in [0.29, 0.717) is 5.92 Å². The van der Waals surface area contributed by atoms with E-state index in [-0.39, 0.29) is 12.1 Å². The predicted molar refractivity (Wildman–Crippen MR) is 84.6 cm³/mol. The molecule has 3 unspecified atom stereocenters. The molecule has 1 heterocycles. The summed E-state index contributed by atoms with van der Waals surface area (Å²) < 4.78 is 0. The molecule has 0 aliphatic carbocycles. The van der Waals surface area contributed by atoms with Crippen LogP contribution in [-0.2, 0) is 0 Å². The molecule has 0 saturated carbocycles. The molecule has 1 aliphatic rings. The molecule has 1 rings (SSSR count). The average molecular weight is 260 g/mol. The van der Waals surface area contributed by atoms with Crippen molar-refractivity contribution in [3.8, 4) is 0 Å². The average Bonchev–Trinajstić information content (AvgIpc) is 2.36. The number of rotatable bonds is 7. The SMILES string of the molecule is C=C(C)CCC(C)CCC(N)C1=NC(C)C(C)=C=C1. The maximum atomic E-state index is 6.23. The second kappa shape index (κ2) is 7.47. The zero-order valence-electron chi connectivity index (χ0n) is 12.9. The molecule has 3 atom stereocenters. The van der Waals surface area contributed by atoms with Gasteiger partial charge in [-0.1, -0.05) is 12.5 Å². The lowest BCUT2D eigenvalue weighted by Gasteiger charge is -2.19. The minimum atomic E-state index is 0.0512. The molecule has 2 N–H and O–H groups in total. The number of allylic oxidation sites excluding steroid dienone is 1. The van der Waals surface area contributed by atoms with Crippen molar-refractivity contribution in [2.24, 2.45) is 16.6 Å². The monoisotopic (exact) mass is 260 g/mol. The van der Waals surface area contributed by atoms with Gasteiger partial charge >= 0.3 is 0 Å². The molecule has 0 aromatic rings. The molecule has 0 fully saturated rings. The third-order valence-electron chi connectivity index (χ3n) is 3.83. The first kappa shape index (κ1) is 15.9. The lowest BCUT2D eigenvalue weighted by atomic mass is 9.93. The normalized spacial score (nSPS) is 21.6. The third kappa shape index (κ3) is 5.59. The smallest absolute Gasteiger partial charge is 0.0756 e. The summed E-state index contributed by atoms with van der Waals surface area (Å²) in [6.07, 6.45) is 6.44. The number of hydrogen-bond acceptors (Lipinski definition) is 2. The van der Waals surface area contributed by atoms with Crippen LogP contribution in [0.25, 0.3) is 0 Å². The largest absolute Gasteiger partial charge is 0.323 e. The Kier molecular flexibility index (Phi) is 6.27. The van der Waals surface area contributed by atoms with E-state index in [0.717, 1.165) is 25.0 Å². The second-order valence-corrected chi connectivity index (χ2v) is 5.99. The fourth-order valence-corrected chi connectivity index (χ4v) is 2.12. The van der Waals surface area contributed by atoms with Gasteiger partial charge in [0, 0.05) is 12.1 Å². The number of aliphatic imine (C=N–C) groups is 1. The highest BCUT2D eigenvalue weighted by molar-refractivity contribution is 5.99. The van der Waals surface area contributed by atoms with Crippen molar-refractivity contribution in [1.82, 2.24) is 0 Å². The Labute approximate surface area is 118 Å². The molecule has 106 valence electrons. The fraction of sp³-hybridized carbons (Fsp3) is 0.647. The van der Waals surface area contributed by atoms with Crippen molar-refractivity contribution in [3.63, 3.8) is 0 Å². The van der Waals surface area contributed by atoms with E-state index in [1.165, 1.54) is 17.6 Å². The highest BCUT2D eigenvalue weighted by Gasteiger charge is 2.15. The molecule has 0 spiro atoms. The van der Waals surface area contributed by atoms with Gasteiger partial charge in [0.05, 0.1) is 11.8 Å². The van der Waals surface area contributed by atoms with E-state index >= 15 is 0 Å². The fourth-order valence-electron chi connectivity index (χ4n) is 2.12. The van der Waals surface area contributed by atoms with Gasteiger partial charge in [-0.05, 0) is 57.9 Å². The van der Waals surface area contributed by atoms with E-state index in [4.69, 9.17) is 5.73 Å². The van der Waals surface area contributed by atoms with Gasteiger partial charge in [-0.2, -0.15) is 0 Å². The summed E-state index contributed by atoms with van der Waals surface area (Å²) in [5.74, 6) is 0.700. The van der Waals surface area contributed by atoms with Gasteiger partial charge in [0.15, 0.2) is 0 Å². The Balaban J connectivity index is 2.40. The standard InChI is InChI=1S/C17H28N2/c1-12(2)6-7-13(3)8-10-16(18)17-11-9-14(4)15(5)19-17/h11,13,15-16H,1,6-8,10,18H2,2-5H3. The van der Waals surface area contributed by atoms with Crippen molar-refractivity contribution in [3.05, 3.63) is 29.5 Å². The van der Waals surface area contributed by atoms with Crippen molar-refractivity contribution < 1.29 is 0 Å². The van der Waals surface area contributed by atoms with Gasteiger partial charge in [0.1, 0.15) is 0 Å². The van der Waals surface area contributed by atoms with Gasteiger partial charge in [0.2, 0.25) is 0 Å². The molecular formula is C17H28N2.